The number of aromatic nitrogens is 2. The molecular formula is C24H21ClN4O4. The summed E-state index contributed by atoms with van der Waals surface area (Å²) in [6.45, 7) is 0.148. The number of ether oxygens (including phenoxy) is 1. The molecule has 1 aliphatic rings. The van der Waals surface area contributed by atoms with Crippen molar-refractivity contribution in [2.75, 3.05) is 11.9 Å². The second kappa shape index (κ2) is 9.84. The van der Waals surface area contributed by atoms with Gasteiger partial charge in [0.05, 0.1) is 27.1 Å². The Kier molecular flexibility index (Phi) is 6.71. The number of halogens is 1. The van der Waals surface area contributed by atoms with E-state index in [0.29, 0.717) is 23.1 Å². The Morgan fingerprint density at radius 2 is 1.97 bits per heavy atom. The molecule has 0 aliphatic carbocycles. The van der Waals surface area contributed by atoms with Gasteiger partial charge in [0.15, 0.2) is 6.61 Å². The molecule has 0 saturated carbocycles. The predicted octanol–water partition coefficient (Wildman–Crippen LogP) is 3.83. The van der Waals surface area contributed by atoms with Gasteiger partial charge >= 0.3 is 5.97 Å². The maximum atomic E-state index is 12.9. The smallest absolute Gasteiger partial charge is 0.338 e. The number of esters is 1. The summed E-state index contributed by atoms with van der Waals surface area (Å²) in [6, 6.07) is 11.0. The minimum atomic E-state index is -0.696. The first-order chi connectivity index (χ1) is 16.0. The van der Waals surface area contributed by atoms with Crippen molar-refractivity contribution in [3.8, 4) is 6.07 Å². The number of rotatable bonds is 4. The molecule has 0 saturated heterocycles. The molecule has 1 aromatic heterocycles. The van der Waals surface area contributed by atoms with E-state index in [9.17, 15) is 14.4 Å². The van der Waals surface area contributed by atoms with Gasteiger partial charge in [-0.05, 0) is 49.2 Å². The topological polar surface area (TPSA) is 114 Å². The van der Waals surface area contributed by atoms with Crippen LogP contribution >= 0.6 is 11.6 Å². The van der Waals surface area contributed by atoms with Gasteiger partial charge in [-0.1, -0.05) is 24.4 Å². The number of fused-ring (bicyclic) bond motifs is 2. The van der Waals surface area contributed by atoms with Gasteiger partial charge in [-0.2, -0.15) is 5.26 Å². The fraction of sp³-hybridized carbons (Fsp3) is 0.292. The minimum Gasteiger partial charge on any atom is -0.452 e. The van der Waals surface area contributed by atoms with Crippen LogP contribution in [0.4, 0.5) is 5.69 Å². The summed E-state index contributed by atoms with van der Waals surface area (Å²) in [6.07, 6.45) is 4.84. The number of amides is 1. The number of hydrogen-bond donors (Lipinski definition) is 1. The standard InChI is InChI=1S/C24H21ClN4O4/c25-19-12-17(8-6-16(19)13-26)27-22(30)14-33-24(32)15-7-9-18-20(11-15)28-21-5-3-1-2-4-10-29(21)23(18)31/h6-9,11-12H,1-5,10,14H2,(H,27,30). The number of hydrogen-bond acceptors (Lipinski definition) is 6. The molecule has 3 aromatic rings. The van der Waals surface area contributed by atoms with E-state index in [1.807, 2.05) is 6.07 Å². The van der Waals surface area contributed by atoms with Gasteiger partial charge < -0.3 is 10.1 Å². The van der Waals surface area contributed by atoms with Crippen LogP contribution in [0.2, 0.25) is 5.02 Å². The van der Waals surface area contributed by atoms with Crippen LogP contribution in [0.15, 0.2) is 41.2 Å². The van der Waals surface area contributed by atoms with Crippen LogP contribution in [0.25, 0.3) is 10.9 Å². The molecule has 0 radical (unpaired) electrons. The highest BCUT2D eigenvalue weighted by atomic mass is 35.5. The number of aryl methyl sites for hydroxylation is 1. The van der Waals surface area contributed by atoms with E-state index in [0.717, 1.165) is 37.9 Å². The third-order valence-electron chi connectivity index (χ3n) is 5.51. The molecule has 0 fully saturated rings. The zero-order valence-electron chi connectivity index (χ0n) is 17.8. The van der Waals surface area contributed by atoms with Crippen LogP contribution in [0.5, 0.6) is 0 Å². The Morgan fingerprint density at radius 3 is 2.76 bits per heavy atom. The fourth-order valence-corrected chi connectivity index (χ4v) is 4.04. The summed E-state index contributed by atoms with van der Waals surface area (Å²) in [5.41, 5.74) is 1.22. The van der Waals surface area contributed by atoms with Crippen molar-refractivity contribution in [1.29, 1.82) is 5.26 Å². The summed E-state index contributed by atoms with van der Waals surface area (Å²) in [5, 5.41) is 12.1. The van der Waals surface area contributed by atoms with E-state index < -0.39 is 18.5 Å². The van der Waals surface area contributed by atoms with Crippen molar-refractivity contribution < 1.29 is 14.3 Å². The summed E-state index contributed by atoms with van der Waals surface area (Å²) in [4.78, 5) is 42.2. The molecule has 0 bridgehead atoms. The molecule has 9 heteroatoms. The van der Waals surface area contributed by atoms with Crippen molar-refractivity contribution in [2.45, 2.75) is 38.6 Å². The highest BCUT2D eigenvalue weighted by Gasteiger charge is 2.16. The van der Waals surface area contributed by atoms with Crippen LogP contribution in [0.3, 0.4) is 0 Å². The normalized spacial score (nSPS) is 13.3. The molecule has 2 heterocycles. The Hall–Kier alpha value is -3.70. The van der Waals surface area contributed by atoms with Gasteiger partial charge in [0, 0.05) is 18.7 Å². The van der Waals surface area contributed by atoms with Crippen molar-refractivity contribution >= 4 is 40.1 Å². The minimum absolute atomic E-state index is 0.0997. The lowest BCUT2D eigenvalue weighted by Crippen LogP contribution is -2.26. The van der Waals surface area contributed by atoms with Crippen molar-refractivity contribution in [2.24, 2.45) is 0 Å². The monoisotopic (exact) mass is 464 g/mol. The lowest BCUT2D eigenvalue weighted by molar-refractivity contribution is -0.119. The number of anilines is 1. The largest absolute Gasteiger partial charge is 0.452 e. The molecule has 0 atom stereocenters. The Morgan fingerprint density at radius 1 is 1.15 bits per heavy atom. The maximum Gasteiger partial charge on any atom is 0.338 e. The Labute approximate surface area is 194 Å². The fourth-order valence-electron chi connectivity index (χ4n) is 3.82. The lowest BCUT2D eigenvalue weighted by atomic mass is 10.1. The summed E-state index contributed by atoms with van der Waals surface area (Å²) in [7, 11) is 0. The predicted molar refractivity (Wildman–Crippen MR) is 123 cm³/mol. The van der Waals surface area contributed by atoms with Crippen LogP contribution in [0.1, 0.15) is 47.4 Å². The van der Waals surface area contributed by atoms with E-state index in [2.05, 4.69) is 10.3 Å². The number of nitrogens with one attached hydrogen (secondary N) is 1. The maximum absolute atomic E-state index is 12.9. The molecule has 4 rings (SSSR count). The molecular weight excluding hydrogens is 444 g/mol. The van der Waals surface area contributed by atoms with E-state index in [1.54, 1.807) is 10.6 Å². The zero-order chi connectivity index (χ0) is 23.4. The number of carbonyl (C=O) groups excluding carboxylic acids is 2. The van der Waals surface area contributed by atoms with E-state index >= 15 is 0 Å². The van der Waals surface area contributed by atoms with Gasteiger partial charge in [0.25, 0.3) is 11.5 Å². The van der Waals surface area contributed by atoms with E-state index in [4.69, 9.17) is 21.6 Å². The third kappa shape index (κ3) is 5.04. The van der Waals surface area contributed by atoms with E-state index in [1.165, 1.54) is 30.3 Å². The second-order valence-corrected chi connectivity index (χ2v) is 8.22. The molecule has 33 heavy (non-hydrogen) atoms. The Balaban J connectivity index is 1.46. The average Bonchev–Trinajstić information content (AvgIpc) is 2.78. The molecule has 0 unspecified atom stereocenters. The number of carbonyl (C=O) groups is 2. The summed E-state index contributed by atoms with van der Waals surface area (Å²) in [5.74, 6) is -0.514. The van der Waals surface area contributed by atoms with Crippen LogP contribution < -0.4 is 10.9 Å². The molecule has 1 aliphatic heterocycles. The van der Waals surface area contributed by atoms with Gasteiger partial charge in [0.2, 0.25) is 0 Å². The van der Waals surface area contributed by atoms with E-state index in [-0.39, 0.29) is 21.7 Å². The van der Waals surface area contributed by atoms with Gasteiger partial charge in [0.1, 0.15) is 11.9 Å². The average molecular weight is 465 g/mol. The molecule has 1 N–H and O–H groups in total. The zero-order valence-corrected chi connectivity index (χ0v) is 18.5. The van der Waals surface area contributed by atoms with Gasteiger partial charge in [-0.15, -0.1) is 0 Å². The van der Waals surface area contributed by atoms with Crippen molar-refractivity contribution in [1.82, 2.24) is 9.55 Å². The lowest BCUT2D eigenvalue weighted by Gasteiger charge is -2.16. The van der Waals surface area contributed by atoms with Crippen LogP contribution in [-0.4, -0.2) is 28.0 Å². The summed E-state index contributed by atoms with van der Waals surface area (Å²) < 4.78 is 6.85. The highest BCUT2D eigenvalue weighted by Crippen LogP contribution is 2.20. The number of benzene rings is 2. The van der Waals surface area contributed by atoms with Crippen LogP contribution in [-0.2, 0) is 22.5 Å². The highest BCUT2D eigenvalue weighted by molar-refractivity contribution is 6.32. The number of nitriles is 1. The van der Waals surface area contributed by atoms with Gasteiger partial charge in [-0.25, -0.2) is 9.78 Å². The Bertz CT molecular complexity index is 1340. The SMILES string of the molecule is N#Cc1ccc(NC(=O)COC(=O)c2ccc3c(=O)n4c(nc3c2)CCCCCC4)cc1Cl. The van der Waals surface area contributed by atoms with Crippen LogP contribution in [0, 0.1) is 11.3 Å². The molecule has 8 nitrogen and oxygen atoms in total. The number of nitrogens with zero attached hydrogens (tertiary/aromatic N) is 3. The van der Waals surface area contributed by atoms with Crippen molar-refractivity contribution in [3.63, 3.8) is 0 Å². The quantitative estimate of drug-likeness (QED) is 0.587. The van der Waals surface area contributed by atoms with Gasteiger partial charge in [-0.3, -0.25) is 14.2 Å². The van der Waals surface area contributed by atoms with Crippen molar-refractivity contribution in [3.05, 3.63) is 68.7 Å². The second-order valence-electron chi connectivity index (χ2n) is 7.81. The molecule has 2 aromatic carbocycles. The first-order valence-electron chi connectivity index (χ1n) is 10.7. The molecule has 168 valence electrons. The summed E-state index contributed by atoms with van der Waals surface area (Å²) >= 11 is 5.95. The third-order valence-corrected chi connectivity index (χ3v) is 5.82. The molecule has 1 amide bonds. The molecule has 0 spiro atoms. The first kappa shape index (κ1) is 22.5. The first-order valence-corrected chi connectivity index (χ1v) is 11.0.